The standard InChI is InChI=1S/C23H24N4O.C22H17N3O.C21H17N3O2.C20H16IN3O.C19H15FN4.5CH4/c1-27(2)13-15-11-14(7-10-21(15)28)23-17-6-4-3-5-16(17)22-18-12-24-26-19(18)8-9-20(22)25-23;23-12-13-1-6-16-18(11-13)22(14-2-4-15(26)5-3-14)25-20-8-7-19-17(21(16)20)9-10-24-19;25-21(26)13-7-5-12(6-8-13)20-15-4-2-1-3-14(15)19-16-11-22-24-17(16)9-10-18(19)23-20;21-15-9-11(5-8-18(15)25)20-13-4-2-1-3-12(13)19-14-10-22-24-16(14)6-7-17(19)23-20;20-17-8-5-11(9-21-17)19-13-4-2-1-3-12(13)18-14-10-22-24-15(14)6-7-16(18)23-19;;;;;/h7-12,28H,3-6,13H2,1-2H3,(H,24,26);2-5,7-10,13,25-26H,1,6,11H2;5-11H,1-4H2,(H,22,24)(H,25,26);5-10,25H,1-4H2,(H,22,24);5-10H,1-4H2,(H,22,24);5*1H4. The van der Waals surface area contributed by atoms with E-state index in [9.17, 15) is 29.8 Å². The number of fused-ring (bicyclic) bond motifs is 25. The number of aromatic hydroxyl groups is 3. The Bertz CT molecular complexity index is 7890. The van der Waals surface area contributed by atoms with Gasteiger partial charge in [-0.05, 0) is 372 Å². The summed E-state index contributed by atoms with van der Waals surface area (Å²) in [6.45, 7) is 0.699. The molecule has 0 aliphatic heterocycles. The van der Waals surface area contributed by atoms with Crippen molar-refractivity contribution in [2.75, 3.05) is 14.1 Å². The SMILES string of the molecule is C.C.C.C.C.CN(C)Cc1cc(-c2nc3ccc4[nH]ncc4c3c3c2CCCC3)ccc1O.Fc1ccc(-c2nc3ccc4[nH]ncc4c3c3c2CCCC3)cn1.N#CC1CCc2c(c(-c3ccc(O)cc3)[nH]c3ccc4nccc4c23)C1.O=C(O)c1ccc(-c2nc3ccc4[nH]ncc4c3c3c2CCCC3)cc1.Oc1ccc(-c2nc3ccc4[nH]ncc4c3c3c2CCCC3)cc1I. The van der Waals surface area contributed by atoms with Crippen molar-refractivity contribution in [2.24, 2.45) is 5.92 Å². The first-order chi connectivity index (χ1) is 63.1. The third kappa shape index (κ3) is 17.3. The van der Waals surface area contributed by atoms with E-state index < -0.39 is 11.9 Å². The summed E-state index contributed by atoms with van der Waals surface area (Å²) < 4.78 is 14.0. The Labute approximate surface area is 790 Å². The number of hydrogen-bond donors (Lipinski definition) is 9. The van der Waals surface area contributed by atoms with Gasteiger partial charge in [0.15, 0.2) is 0 Å². The van der Waals surface area contributed by atoms with Gasteiger partial charge in [0.25, 0.3) is 0 Å². The number of benzene rings is 9. The molecule has 1 unspecified atom stereocenters. The number of rotatable bonds is 8. The molecule has 9 N–H and O–H groups in total. The van der Waals surface area contributed by atoms with Gasteiger partial charge in [0, 0.05) is 112 Å². The van der Waals surface area contributed by atoms with Crippen molar-refractivity contribution in [1.29, 1.82) is 5.26 Å². The molecule has 0 saturated carbocycles. The number of carboxylic acid groups (broad SMARTS) is 1. The predicted octanol–water partition coefficient (Wildman–Crippen LogP) is 25.8. The van der Waals surface area contributed by atoms with E-state index >= 15 is 0 Å². The molecule has 0 fully saturated rings. The number of nitrogens with one attached hydrogen (secondary N) is 5. The number of pyridine rings is 6. The molecule has 25 rings (SSSR count). The first kappa shape index (κ1) is 92.8. The highest BCUT2D eigenvalue weighted by Crippen LogP contribution is 2.46. The second-order valence-electron chi connectivity index (χ2n) is 34.6. The maximum Gasteiger partial charge on any atom is 0.335 e. The van der Waals surface area contributed by atoms with Crippen LogP contribution in [0.25, 0.3) is 165 Å². The number of hydrogen-bond acceptors (Lipinski definition) is 16. The second kappa shape index (κ2) is 39.2. The van der Waals surface area contributed by atoms with Crippen LogP contribution in [0.3, 0.4) is 0 Å². The zero-order valence-electron chi connectivity index (χ0n) is 71.1. The highest BCUT2D eigenvalue weighted by molar-refractivity contribution is 14.1. The third-order valence-corrected chi connectivity index (χ3v) is 27.3. The van der Waals surface area contributed by atoms with Gasteiger partial charge in [0.1, 0.15) is 17.2 Å². The van der Waals surface area contributed by atoms with Crippen LogP contribution in [0, 0.1) is 26.8 Å². The van der Waals surface area contributed by atoms with Crippen molar-refractivity contribution in [3.63, 3.8) is 0 Å². The number of phenols is 3. The first-order valence-electron chi connectivity index (χ1n) is 44.2. The number of carbonyl (C=O) groups is 1. The molecule has 24 heteroatoms. The minimum Gasteiger partial charge on any atom is -0.508 e. The predicted molar refractivity (Wildman–Crippen MR) is 548 cm³/mol. The van der Waals surface area contributed by atoms with Crippen LogP contribution in [0.5, 0.6) is 17.2 Å². The molecule has 9 aromatic carbocycles. The minimum absolute atomic E-state index is 0. The monoisotopic (exact) mass is 1890 g/mol. The molecule has 5 aliphatic rings. The Morgan fingerprint density at radius 2 is 0.813 bits per heavy atom. The van der Waals surface area contributed by atoms with Gasteiger partial charge in [0.05, 0.1) is 118 Å². The molecule has 0 bridgehead atoms. The molecule has 0 radical (unpaired) electrons. The van der Waals surface area contributed by atoms with E-state index in [0.29, 0.717) is 23.6 Å². The average Bonchev–Trinajstić information content (AvgIpc) is 1.45. The number of aromatic carboxylic acids is 1. The molecule has 678 valence electrons. The van der Waals surface area contributed by atoms with Gasteiger partial charge in [0.2, 0.25) is 5.95 Å². The maximum atomic E-state index is 13.2. The van der Waals surface area contributed by atoms with Gasteiger partial charge in [-0.3, -0.25) is 25.4 Å². The number of phenolic OH excluding ortho intramolecular Hbond substituents is 3. The number of aromatic nitrogens is 15. The summed E-state index contributed by atoms with van der Waals surface area (Å²) in [6.07, 6.45) is 31.4. The van der Waals surface area contributed by atoms with Gasteiger partial charge in [-0.25, -0.2) is 29.7 Å². The molecule has 134 heavy (non-hydrogen) atoms. The van der Waals surface area contributed by atoms with Crippen molar-refractivity contribution in [3.05, 3.63) is 277 Å². The Hall–Kier alpha value is -14.4. The van der Waals surface area contributed by atoms with E-state index in [-0.39, 0.29) is 48.8 Å². The zero-order valence-corrected chi connectivity index (χ0v) is 73.2. The van der Waals surface area contributed by atoms with Crippen LogP contribution in [0.2, 0.25) is 0 Å². The van der Waals surface area contributed by atoms with Gasteiger partial charge in [-0.1, -0.05) is 49.3 Å². The van der Waals surface area contributed by atoms with Crippen molar-refractivity contribution < 1.29 is 29.6 Å². The quantitative estimate of drug-likeness (QED) is 0.0504. The Morgan fingerprint density at radius 3 is 1.25 bits per heavy atom. The summed E-state index contributed by atoms with van der Waals surface area (Å²) in [4.78, 5) is 45.1. The van der Waals surface area contributed by atoms with Gasteiger partial charge < -0.3 is 30.3 Å². The summed E-state index contributed by atoms with van der Waals surface area (Å²) in [5.41, 5.74) is 35.0. The lowest BCUT2D eigenvalue weighted by Gasteiger charge is -2.25. The number of carboxylic acids is 1. The fourth-order valence-electron chi connectivity index (χ4n) is 20.5. The summed E-state index contributed by atoms with van der Waals surface area (Å²) in [7, 11) is 4.02. The number of aryl methyl sites for hydroxylation is 5. The van der Waals surface area contributed by atoms with Gasteiger partial charge in [-0.15, -0.1) is 0 Å². The van der Waals surface area contributed by atoms with E-state index in [1.54, 1.807) is 48.7 Å². The van der Waals surface area contributed by atoms with E-state index in [0.717, 1.165) is 226 Å². The van der Waals surface area contributed by atoms with Gasteiger partial charge >= 0.3 is 5.97 Å². The van der Waals surface area contributed by atoms with Gasteiger partial charge in [-0.2, -0.15) is 30.0 Å². The normalized spacial score (nSPS) is 14.0. The maximum absolute atomic E-state index is 13.2. The average molecular weight is 1900 g/mol. The topological polar surface area (TPSA) is 333 Å². The summed E-state index contributed by atoms with van der Waals surface area (Å²) in [5.74, 6) is -0.420. The summed E-state index contributed by atoms with van der Waals surface area (Å²) in [6, 6.07) is 54.1. The van der Waals surface area contributed by atoms with Crippen LogP contribution < -0.4 is 0 Å². The lowest BCUT2D eigenvalue weighted by molar-refractivity contribution is 0.0696. The van der Waals surface area contributed by atoms with Crippen molar-refractivity contribution in [2.45, 2.75) is 166 Å². The van der Waals surface area contributed by atoms with Crippen LogP contribution in [0.15, 0.2) is 201 Å². The third-order valence-electron chi connectivity index (χ3n) is 26.5. The highest BCUT2D eigenvalue weighted by atomic mass is 127. The molecule has 0 saturated heterocycles. The number of halogens is 2. The Balaban J connectivity index is 0.000000121. The van der Waals surface area contributed by atoms with Crippen LogP contribution in [0.1, 0.15) is 166 Å². The molecule has 20 aromatic rings. The van der Waals surface area contributed by atoms with Crippen LogP contribution in [0.4, 0.5) is 4.39 Å². The largest absolute Gasteiger partial charge is 0.508 e. The Kier molecular flexibility index (Phi) is 27.1. The number of H-pyrrole nitrogens is 5. The molecule has 5 aliphatic carbocycles. The molecular weight excluding hydrogens is 1790 g/mol. The van der Waals surface area contributed by atoms with E-state index in [2.05, 4.69) is 132 Å². The minimum atomic E-state index is -0.910. The van der Waals surface area contributed by atoms with E-state index in [1.165, 1.54) is 133 Å². The molecule has 11 aromatic heterocycles. The zero-order chi connectivity index (χ0) is 87.7. The van der Waals surface area contributed by atoms with Crippen LogP contribution >= 0.6 is 22.6 Å². The molecule has 11 heterocycles. The number of aromatic amines is 5. The lowest BCUT2D eigenvalue weighted by Crippen LogP contribution is -2.15. The van der Waals surface area contributed by atoms with Crippen LogP contribution in [-0.4, -0.2) is 121 Å². The lowest BCUT2D eigenvalue weighted by atomic mass is 9.80. The van der Waals surface area contributed by atoms with E-state index in [1.807, 2.05) is 118 Å². The summed E-state index contributed by atoms with van der Waals surface area (Å²) >= 11 is 2.17. The van der Waals surface area contributed by atoms with Crippen LogP contribution in [-0.2, 0) is 70.8 Å². The van der Waals surface area contributed by atoms with Crippen molar-refractivity contribution in [1.82, 2.24) is 80.6 Å². The fourth-order valence-corrected chi connectivity index (χ4v) is 21.0. The second-order valence-corrected chi connectivity index (χ2v) is 35.8. The highest BCUT2D eigenvalue weighted by Gasteiger charge is 2.30. The molecule has 1 atom stereocenters. The molecular formula is C110H109FIN17O5. The number of nitriles is 1. The smallest absolute Gasteiger partial charge is 0.335 e. The van der Waals surface area contributed by atoms with Crippen molar-refractivity contribution >= 4 is 138 Å². The molecule has 0 spiro atoms. The van der Waals surface area contributed by atoms with Crippen molar-refractivity contribution in [3.8, 4) is 79.6 Å². The fraction of sp³-hybridized carbons (Fsp3) is 0.255. The first-order valence-corrected chi connectivity index (χ1v) is 45.3. The summed E-state index contributed by atoms with van der Waals surface area (Å²) in [5, 5.41) is 89.3. The molecule has 0 amide bonds. The Morgan fingerprint density at radius 1 is 0.418 bits per heavy atom. The molecule has 22 nitrogen and oxygen atoms in total. The van der Waals surface area contributed by atoms with E-state index in [4.69, 9.17) is 25.0 Å². The number of nitrogens with zero attached hydrogens (tertiary/aromatic N) is 12.